The van der Waals surface area contributed by atoms with Crippen LogP contribution < -0.4 is 0 Å². The van der Waals surface area contributed by atoms with Crippen LogP contribution in [0.25, 0.3) is 0 Å². The summed E-state index contributed by atoms with van der Waals surface area (Å²) in [5.41, 5.74) is 0. The lowest BCUT2D eigenvalue weighted by Crippen LogP contribution is -2.51. The highest BCUT2D eigenvalue weighted by atomic mass is 15.3. The molecule has 3 nitrogen and oxygen atoms in total. The predicted molar refractivity (Wildman–Crippen MR) is 96.4 cm³/mol. The quantitative estimate of drug-likeness (QED) is 0.746. The first-order valence-electron chi connectivity index (χ1n) is 9.71. The Balaban J connectivity index is 1.70. The highest BCUT2D eigenvalue weighted by molar-refractivity contribution is 4.82. The molecule has 2 aliphatic heterocycles. The minimum atomic E-state index is 0.715. The highest BCUT2D eigenvalue weighted by Gasteiger charge is 2.27. The minimum absolute atomic E-state index is 0.715. The topological polar surface area (TPSA) is 9.72 Å². The Labute approximate surface area is 139 Å². The molecule has 0 bridgehead atoms. The summed E-state index contributed by atoms with van der Waals surface area (Å²) >= 11 is 0. The first-order valence-corrected chi connectivity index (χ1v) is 9.71. The molecule has 0 aromatic rings. The molecule has 130 valence electrons. The maximum absolute atomic E-state index is 2.76. The van der Waals surface area contributed by atoms with E-state index in [1.165, 1.54) is 65.1 Å². The molecule has 2 heterocycles. The normalized spacial score (nSPS) is 25.2. The van der Waals surface area contributed by atoms with Gasteiger partial charge in [-0.15, -0.1) is 0 Å². The summed E-state index contributed by atoms with van der Waals surface area (Å²) in [5.74, 6) is 1.73. The van der Waals surface area contributed by atoms with Crippen LogP contribution in [0.1, 0.15) is 53.9 Å². The number of likely N-dealkylation sites (tertiary alicyclic amines) is 1. The second-order valence-corrected chi connectivity index (χ2v) is 8.13. The Bertz CT molecular complexity index is 300. The molecule has 0 N–H and O–H groups in total. The van der Waals surface area contributed by atoms with Crippen molar-refractivity contribution >= 4 is 0 Å². The van der Waals surface area contributed by atoms with E-state index < -0.39 is 0 Å². The van der Waals surface area contributed by atoms with Gasteiger partial charge in [-0.2, -0.15) is 0 Å². The monoisotopic (exact) mass is 309 g/mol. The molecule has 0 radical (unpaired) electrons. The average Bonchev–Trinajstić information content (AvgIpc) is 2.50. The van der Waals surface area contributed by atoms with Gasteiger partial charge in [-0.05, 0) is 58.0 Å². The molecule has 3 heteroatoms. The molecular weight excluding hydrogens is 270 g/mol. The Morgan fingerprint density at radius 3 is 1.86 bits per heavy atom. The zero-order valence-corrected chi connectivity index (χ0v) is 15.7. The molecule has 1 atom stereocenters. The van der Waals surface area contributed by atoms with Crippen molar-refractivity contribution in [2.24, 2.45) is 11.8 Å². The van der Waals surface area contributed by atoms with Gasteiger partial charge in [-0.3, -0.25) is 4.90 Å². The first kappa shape index (κ1) is 18.2. The predicted octanol–water partition coefficient (Wildman–Crippen LogP) is 3.16. The Hall–Kier alpha value is -0.120. The highest BCUT2D eigenvalue weighted by Crippen LogP contribution is 2.24. The summed E-state index contributed by atoms with van der Waals surface area (Å²) in [5, 5.41) is 0. The Morgan fingerprint density at radius 1 is 0.818 bits per heavy atom. The van der Waals surface area contributed by atoms with Gasteiger partial charge in [0.15, 0.2) is 0 Å². The van der Waals surface area contributed by atoms with Crippen molar-refractivity contribution in [2.45, 2.75) is 66.0 Å². The second kappa shape index (κ2) is 8.65. The standard InChI is InChI=1S/C19H39N3/c1-6-19(16(2)3)22-9-7-18(8-10-22)15-20-11-13-21(14-12-20)17(4)5/h16-19H,6-15H2,1-5H3. The fourth-order valence-corrected chi connectivity index (χ4v) is 4.45. The van der Waals surface area contributed by atoms with E-state index >= 15 is 0 Å². The number of hydrogen-bond donors (Lipinski definition) is 0. The fraction of sp³-hybridized carbons (Fsp3) is 1.00. The maximum Gasteiger partial charge on any atom is 0.0116 e. The molecule has 2 saturated heterocycles. The summed E-state index contributed by atoms with van der Waals surface area (Å²) in [6.45, 7) is 20.9. The zero-order chi connectivity index (χ0) is 16.1. The van der Waals surface area contributed by atoms with Gasteiger partial charge in [0, 0.05) is 44.8 Å². The summed E-state index contributed by atoms with van der Waals surface area (Å²) in [6.07, 6.45) is 4.13. The Kier molecular flexibility index (Phi) is 7.17. The third-order valence-corrected chi connectivity index (χ3v) is 5.96. The van der Waals surface area contributed by atoms with Crippen molar-refractivity contribution in [1.82, 2.24) is 14.7 Å². The number of rotatable bonds is 6. The maximum atomic E-state index is 2.76. The van der Waals surface area contributed by atoms with Crippen LogP contribution in [0.15, 0.2) is 0 Å². The van der Waals surface area contributed by atoms with Crippen LogP contribution in [0.2, 0.25) is 0 Å². The molecule has 0 spiro atoms. The minimum Gasteiger partial charge on any atom is -0.301 e. The van der Waals surface area contributed by atoms with Gasteiger partial charge in [0.05, 0.1) is 0 Å². The van der Waals surface area contributed by atoms with Gasteiger partial charge in [-0.25, -0.2) is 0 Å². The van der Waals surface area contributed by atoms with Crippen molar-refractivity contribution in [2.75, 3.05) is 45.8 Å². The number of piperidine rings is 1. The van der Waals surface area contributed by atoms with Crippen LogP contribution in [0.3, 0.4) is 0 Å². The van der Waals surface area contributed by atoms with Crippen LogP contribution >= 0.6 is 0 Å². The van der Waals surface area contributed by atoms with Crippen molar-refractivity contribution in [3.05, 3.63) is 0 Å². The van der Waals surface area contributed by atoms with E-state index in [1.54, 1.807) is 0 Å². The van der Waals surface area contributed by atoms with Gasteiger partial charge in [-0.1, -0.05) is 20.8 Å². The molecule has 2 aliphatic rings. The van der Waals surface area contributed by atoms with Gasteiger partial charge >= 0.3 is 0 Å². The molecule has 22 heavy (non-hydrogen) atoms. The Morgan fingerprint density at radius 2 is 1.41 bits per heavy atom. The van der Waals surface area contributed by atoms with Crippen LogP contribution in [-0.4, -0.2) is 72.6 Å². The van der Waals surface area contributed by atoms with E-state index in [9.17, 15) is 0 Å². The van der Waals surface area contributed by atoms with E-state index in [1.807, 2.05) is 0 Å². The largest absolute Gasteiger partial charge is 0.301 e. The van der Waals surface area contributed by atoms with Crippen LogP contribution in [0.5, 0.6) is 0 Å². The van der Waals surface area contributed by atoms with Gasteiger partial charge < -0.3 is 9.80 Å². The smallest absolute Gasteiger partial charge is 0.0116 e. The molecule has 2 rings (SSSR count). The molecule has 2 fully saturated rings. The molecule has 0 aromatic carbocycles. The van der Waals surface area contributed by atoms with Crippen molar-refractivity contribution in [3.8, 4) is 0 Å². The summed E-state index contributed by atoms with van der Waals surface area (Å²) < 4.78 is 0. The zero-order valence-electron chi connectivity index (χ0n) is 15.7. The molecular formula is C19H39N3. The van der Waals surface area contributed by atoms with E-state index in [0.29, 0.717) is 6.04 Å². The fourth-order valence-electron chi connectivity index (χ4n) is 4.45. The second-order valence-electron chi connectivity index (χ2n) is 8.13. The first-order chi connectivity index (χ1) is 10.5. The summed E-state index contributed by atoms with van der Waals surface area (Å²) in [6, 6.07) is 1.52. The third-order valence-electron chi connectivity index (χ3n) is 5.96. The molecule has 0 aliphatic carbocycles. The van der Waals surface area contributed by atoms with Crippen molar-refractivity contribution in [3.63, 3.8) is 0 Å². The summed E-state index contributed by atoms with van der Waals surface area (Å²) in [7, 11) is 0. The van der Waals surface area contributed by atoms with Crippen LogP contribution in [-0.2, 0) is 0 Å². The van der Waals surface area contributed by atoms with Crippen molar-refractivity contribution < 1.29 is 0 Å². The number of nitrogens with zero attached hydrogens (tertiary/aromatic N) is 3. The number of hydrogen-bond acceptors (Lipinski definition) is 3. The lowest BCUT2D eigenvalue weighted by molar-refractivity contribution is 0.0632. The lowest BCUT2D eigenvalue weighted by atomic mass is 9.91. The summed E-state index contributed by atoms with van der Waals surface area (Å²) in [4.78, 5) is 8.10. The van der Waals surface area contributed by atoms with Gasteiger partial charge in [0.1, 0.15) is 0 Å². The van der Waals surface area contributed by atoms with Gasteiger partial charge in [0.25, 0.3) is 0 Å². The number of piperazine rings is 1. The molecule has 1 unspecified atom stereocenters. The lowest BCUT2D eigenvalue weighted by Gasteiger charge is -2.42. The van der Waals surface area contributed by atoms with Crippen LogP contribution in [0.4, 0.5) is 0 Å². The van der Waals surface area contributed by atoms with Crippen LogP contribution in [0, 0.1) is 11.8 Å². The van der Waals surface area contributed by atoms with Gasteiger partial charge in [0.2, 0.25) is 0 Å². The molecule has 0 saturated carbocycles. The van der Waals surface area contributed by atoms with E-state index in [4.69, 9.17) is 0 Å². The van der Waals surface area contributed by atoms with E-state index in [2.05, 4.69) is 49.3 Å². The van der Waals surface area contributed by atoms with E-state index in [0.717, 1.165) is 17.9 Å². The van der Waals surface area contributed by atoms with Crippen molar-refractivity contribution in [1.29, 1.82) is 0 Å². The third kappa shape index (κ3) is 4.94. The SMILES string of the molecule is CCC(C(C)C)N1CCC(CN2CCN(C(C)C)CC2)CC1. The van der Waals surface area contributed by atoms with E-state index in [-0.39, 0.29) is 0 Å². The average molecular weight is 310 g/mol. The molecule has 0 aromatic heterocycles. The molecule has 0 amide bonds.